The molecule has 0 saturated heterocycles. The SMILES string of the molecule is CCCCCCCCc1csc(-c2cccs2)c1CCCCCCCC. The largest absolute Gasteiger partial charge is 0.143 e. The van der Waals surface area contributed by atoms with Crippen LogP contribution in [0.5, 0.6) is 0 Å². The second-order valence-electron chi connectivity index (χ2n) is 7.58. The predicted molar refractivity (Wildman–Crippen MR) is 122 cm³/mol. The van der Waals surface area contributed by atoms with Crippen molar-refractivity contribution >= 4 is 22.7 Å². The molecule has 0 fully saturated rings. The molecular formula is C24H38S2. The first kappa shape index (κ1) is 21.7. The van der Waals surface area contributed by atoms with Crippen molar-refractivity contribution in [3.8, 4) is 9.75 Å². The average Bonchev–Trinajstić information content (AvgIpc) is 3.31. The zero-order valence-electron chi connectivity index (χ0n) is 17.0. The molecule has 2 heteroatoms. The lowest BCUT2D eigenvalue weighted by molar-refractivity contribution is 0.600. The Morgan fingerprint density at radius 2 is 1.31 bits per heavy atom. The van der Waals surface area contributed by atoms with Crippen LogP contribution in [0.3, 0.4) is 0 Å². The molecule has 146 valence electrons. The molecule has 0 nitrogen and oxygen atoms in total. The van der Waals surface area contributed by atoms with Crippen LogP contribution in [0, 0.1) is 0 Å². The van der Waals surface area contributed by atoms with E-state index >= 15 is 0 Å². The van der Waals surface area contributed by atoms with E-state index < -0.39 is 0 Å². The summed E-state index contributed by atoms with van der Waals surface area (Å²) in [6.45, 7) is 4.60. The van der Waals surface area contributed by atoms with Crippen molar-refractivity contribution in [3.63, 3.8) is 0 Å². The van der Waals surface area contributed by atoms with E-state index in [1.807, 2.05) is 22.7 Å². The Hall–Kier alpha value is -0.600. The van der Waals surface area contributed by atoms with Gasteiger partial charge in [0, 0.05) is 9.75 Å². The van der Waals surface area contributed by atoms with E-state index in [9.17, 15) is 0 Å². The van der Waals surface area contributed by atoms with Crippen LogP contribution in [-0.2, 0) is 12.8 Å². The lowest BCUT2D eigenvalue weighted by atomic mass is 9.98. The van der Waals surface area contributed by atoms with E-state index in [-0.39, 0.29) is 0 Å². The Labute approximate surface area is 170 Å². The zero-order valence-corrected chi connectivity index (χ0v) is 18.7. The summed E-state index contributed by atoms with van der Waals surface area (Å²) in [4.78, 5) is 3.04. The van der Waals surface area contributed by atoms with Gasteiger partial charge in [-0.2, -0.15) is 0 Å². The Morgan fingerprint density at radius 1 is 0.692 bits per heavy atom. The first-order valence-corrected chi connectivity index (χ1v) is 12.8. The second-order valence-corrected chi connectivity index (χ2v) is 9.41. The normalized spacial score (nSPS) is 11.3. The zero-order chi connectivity index (χ0) is 18.5. The van der Waals surface area contributed by atoms with Gasteiger partial charge in [-0.1, -0.05) is 84.1 Å². The number of rotatable bonds is 15. The van der Waals surface area contributed by atoms with Crippen LogP contribution in [0.4, 0.5) is 0 Å². The van der Waals surface area contributed by atoms with Crippen molar-refractivity contribution in [3.05, 3.63) is 34.0 Å². The van der Waals surface area contributed by atoms with Gasteiger partial charge in [0.25, 0.3) is 0 Å². The minimum absolute atomic E-state index is 1.29. The molecule has 2 aromatic rings. The molecule has 2 aromatic heterocycles. The molecular weight excluding hydrogens is 352 g/mol. The Kier molecular flexibility index (Phi) is 11.3. The van der Waals surface area contributed by atoms with Gasteiger partial charge >= 0.3 is 0 Å². The highest BCUT2D eigenvalue weighted by atomic mass is 32.1. The van der Waals surface area contributed by atoms with E-state index in [1.165, 1.54) is 94.8 Å². The maximum absolute atomic E-state index is 2.47. The van der Waals surface area contributed by atoms with Crippen molar-refractivity contribution in [1.29, 1.82) is 0 Å². The van der Waals surface area contributed by atoms with Gasteiger partial charge in [-0.15, -0.1) is 22.7 Å². The van der Waals surface area contributed by atoms with Crippen LogP contribution >= 0.6 is 22.7 Å². The number of unbranched alkanes of at least 4 members (excludes halogenated alkanes) is 10. The van der Waals surface area contributed by atoms with Crippen molar-refractivity contribution in [1.82, 2.24) is 0 Å². The Morgan fingerprint density at radius 3 is 1.92 bits per heavy atom. The standard InChI is InChI=1S/C24H38S2/c1-3-5-7-9-11-13-16-21-20-26-24(23-18-15-19-25-23)22(21)17-14-12-10-8-6-4-2/h15,18-20H,3-14,16-17H2,1-2H3. The summed E-state index contributed by atoms with van der Waals surface area (Å²) in [5, 5.41) is 4.69. The third-order valence-corrected chi connectivity index (χ3v) is 7.43. The number of hydrogen-bond acceptors (Lipinski definition) is 2. The van der Waals surface area contributed by atoms with Gasteiger partial charge in [0.05, 0.1) is 0 Å². The fourth-order valence-electron chi connectivity index (χ4n) is 3.69. The summed E-state index contributed by atoms with van der Waals surface area (Å²) in [6, 6.07) is 4.50. The highest BCUT2D eigenvalue weighted by Crippen LogP contribution is 2.37. The minimum Gasteiger partial charge on any atom is -0.143 e. The summed E-state index contributed by atoms with van der Waals surface area (Å²) < 4.78 is 0. The molecule has 0 atom stereocenters. The van der Waals surface area contributed by atoms with E-state index in [1.54, 1.807) is 16.0 Å². The van der Waals surface area contributed by atoms with Crippen molar-refractivity contribution in [2.75, 3.05) is 0 Å². The van der Waals surface area contributed by atoms with Crippen LogP contribution in [-0.4, -0.2) is 0 Å². The molecule has 0 amide bonds. The molecule has 2 heterocycles. The van der Waals surface area contributed by atoms with Crippen molar-refractivity contribution < 1.29 is 0 Å². The van der Waals surface area contributed by atoms with E-state index in [0.29, 0.717) is 0 Å². The number of aryl methyl sites for hydroxylation is 1. The van der Waals surface area contributed by atoms with Crippen LogP contribution < -0.4 is 0 Å². The maximum atomic E-state index is 2.47. The quantitative estimate of drug-likeness (QED) is 0.266. The summed E-state index contributed by atoms with van der Waals surface area (Å²) in [7, 11) is 0. The third-order valence-electron chi connectivity index (χ3n) is 5.31. The maximum Gasteiger partial charge on any atom is 0.0477 e. The van der Waals surface area contributed by atoms with Crippen LogP contribution in [0.25, 0.3) is 9.75 Å². The van der Waals surface area contributed by atoms with Crippen LogP contribution in [0.15, 0.2) is 22.9 Å². The monoisotopic (exact) mass is 390 g/mol. The van der Waals surface area contributed by atoms with Crippen molar-refractivity contribution in [2.45, 2.75) is 104 Å². The summed E-state index contributed by atoms with van der Waals surface area (Å²) in [5.74, 6) is 0. The number of hydrogen-bond donors (Lipinski definition) is 0. The molecule has 0 bridgehead atoms. The van der Waals surface area contributed by atoms with Gasteiger partial charge in [0.2, 0.25) is 0 Å². The fraction of sp³-hybridized carbons (Fsp3) is 0.667. The lowest BCUT2D eigenvalue weighted by Crippen LogP contribution is -1.94. The van der Waals surface area contributed by atoms with E-state index in [0.717, 1.165) is 0 Å². The smallest absolute Gasteiger partial charge is 0.0477 e. The van der Waals surface area contributed by atoms with Gasteiger partial charge in [0.1, 0.15) is 0 Å². The van der Waals surface area contributed by atoms with Crippen LogP contribution in [0.1, 0.15) is 102 Å². The molecule has 2 rings (SSSR count). The topological polar surface area (TPSA) is 0 Å². The second kappa shape index (κ2) is 13.6. The van der Waals surface area contributed by atoms with E-state index in [2.05, 4.69) is 36.7 Å². The highest BCUT2D eigenvalue weighted by Gasteiger charge is 2.13. The summed E-state index contributed by atoms with van der Waals surface area (Å²) >= 11 is 3.89. The van der Waals surface area contributed by atoms with Crippen molar-refractivity contribution in [2.24, 2.45) is 0 Å². The van der Waals surface area contributed by atoms with Crippen LogP contribution in [0.2, 0.25) is 0 Å². The van der Waals surface area contributed by atoms with E-state index in [4.69, 9.17) is 0 Å². The molecule has 0 aliphatic heterocycles. The molecule has 0 saturated carbocycles. The highest BCUT2D eigenvalue weighted by molar-refractivity contribution is 7.20. The molecule has 0 radical (unpaired) electrons. The first-order chi connectivity index (χ1) is 12.9. The van der Waals surface area contributed by atoms with Gasteiger partial charge in [0.15, 0.2) is 0 Å². The first-order valence-electron chi connectivity index (χ1n) is 11.0. The predicted octanol–water partition coefficient (Wildman–Crippen LogP) is 9.28. The molecule has 0 unspecified atom stereocenters. The molecule has 0 aliphatic rings. The van der Waals surface area contributed by atoms with Gasteiger partial charge in [-0.3, -0.25) is 0 Å². The van der Waals surface area contributed by atoms with Gasteiger partial charge in [-0.25, -0.2) is 0 Å². The summed E-state index contributed by atoms with van der Waals surface area (Å²) in [6.07, 6.45) is 19.3. The average molecular weight is 391 g/mol. The molecule has 0 aliphatic carbocycles. The molecule has 0 spiro atoms. The Balaban J connectivity index is 1.87. The summed E-state index contributed by atoms with van der Waals surface area (Å²) in [5.41, 5.74) is 3.34. The molecule has 0 N–H and O–H groups in total. The van der Waals surface area contributed by atoms with Gasteiger partial charge < -0.3 is 0 Å². The lowest BCUT2D eigenvalue weighted by Gasteiger charge is -2.08. The fourth-order valence-corrected chi connectivity index (χ4v) is 5.75. The van der Waals surface area contributed by atoms with Gasteiger partial charge in [-0.05, 0) is 53.6 Å². The molecule has 26 heavy (non-hydrogen) atoms. The third kappa shape index (κ3) is 7.56. The molecule has 0 aromatic carbocycles. The Bertz CT molecular complexity index is 565. The number of thiophene rings is 2. The minimum atomic E-state index is 1.29.